The Balaban J connectivity index is 2.47. The molecule has 1 heterocycles. The minimum atomic E-state index is -0.116. The Morgan fingerprint density at radius 1 is 1.24 bits per heavy atom. The summed E-state index contributed by atoms with van der Waals surface area (Å²) in [5, 5.41) is 2.72. The van der Waals surface area contributed by atoms with E-state index in [1.54, 1.807) is 18.2 Å². The summed E-state index contributed by atoms with van der Waals surface area (Å²) in [5.74, 6) is -0.116. The van der Waals surface area contributed by atoms with Gasteiger partial charge in [-0.15, -0.1) is 11.3 Å². The van der Waals surface area contributed by atoms with E-state index in [4.69, 9.17) is 23.2 Å². The van der Waals surface area contributed by atoms with Crippen molar-refractivity contribution in [3.8, 4) is 0 Å². The summed E-state index contributed by atoms with van der Waals surface area (Å²) in [6.45, 7) is 0. The Kier molecular flexibility index (Phi) is 4.31. The average molecular weight is 415 g/mol. The lowest BCUT2D eigenvalue weighted by atomic mass is 10.1. The van der Waals surface area contributed by atoms with Gasteiger partial charge < -0.3 is 0 Å². The molecule has 0 fully saturated rings. The van der Waals surface area contributed by atoms with Crippen molar-refractivity contribution in [3.05, 3.63) is 53.0 Å². The van der Waals surface area contributed by atoms with Gasteiger partial charge in [-0.05, 0) is 50.1 Å². The Morgan fingerprint density at radius 3 is 2.47 bits per heavy atom. The first kappa shape index (κ1) is 13.6. The number of hydrogen-bond acceptors (Lipinski definition) is 2. The maximum atomic E-state index is 12.2. The monoisotopic (exact) mass is 412 g/mol. The number of halogens is 4. The molecule has 0 atom stereocenters. The van der Waals surface area contributed by atoms with Gasteiger partial charge in [-0.1, -0.05) is 23.2 Å². The molecule has 2 aromatic rings. The highest BCUT2D eigenvalue weighted by molar-refractivity contribution is 9.13. The molecule has 0 radical (unpaired) electrons. The minimum Gasteiger partial charge on any atom is -0.288 e. The van der Waals surface area contributed by atoms with E-state index >= 15 is 0 Å². The molecule has 6 heteroatoms. The van der Waals surface area contributed by atoms with Crippen molar-refractivity contribution in [2.75, 3.05) is 0 Å². The van der Waals surface area contributed by atoms with Gasteiger partial charge >= 0.3 is 0 Å². The largest absolute Gasteiger partial charge is 0.288 e. The molecule has 0 aliphatic heterocycles. The summed E-state index contributed by atoms with van der Waals surface area (Å²) in [6.07, 6.45) is 0. The van der Waals surface area contributed by atoms with E-state index < -0.39 is 0 Å². The standard InChI is InChI=1S/C11H4Br2Cl2OS/c12-7-4-17-11(9(7)13)10(16)6-2-1-5(14)3-8(6)15/h1-4H. The zero-order valence-corrected chi connectivity index (χ0v) is 13.6. The third-order valence-corrected chi connectivity index (χ3v) is 6.14. The second-order valence-corrected chi connectivity index (χ2v) is 6.55. The summed E-state index contributed by atoms with van der Waals surface area (Å²) in [7, 11) is 0. The molecular formula is C11H4Br2Cl2OS. The van der Waals surface area contributed by atoms with Crippen molar-refractivity contribution >= 4 is 72.2 Å². The maximum absolute atomic E-state index is 12.2. The third-order valence-electron chi connectivity index (χ3n) is 2.07. The molecule has 17 heavy (non-hydrogen) atoms. The number of hydrogen-bond donors (Lipinski definition) is 0. The molecule has 0 bridgehead atoms. The molecule has 0 spiro atoms. The minimum absolute atomic E-state index is 0.116. The van der Waals surface area contributed by atoms with Crippen molar-refractivity contribution in [2.24, 2.45) is 0 Å². The molecule has 88 valence electrons. The van der Waals surface area contributed by atoms with E-state index in [0.29, 0.717) is 20.5 Å². The predicted octanol–water partition coefficient (Wildman–Crippen LogP) is 5.81. The molecule has 1 aromatic heterocycles. The van der Waals surface area contributed by atoms with E-state index in [9.17, 15) is 4.79 Å². The second kappa shape index (κ2) is 5.41. The van der Waals surface area contributed by atoms with Crippen molar-refractivity contribution in [2.45, 2.75) is 0 Å². The number of benzene rings is 1. The van der Waals surface area contributed by atoms with Crippen LogP contribution in [-0.4, -0.2) is 5.78 Å². The molecule has 1 nitrogen and oxygen atoms in total. The van der Waals surface area contributed by atoms with Gasteiger partial charge in [-0.25, -0.2) is 0 Å². The summed E-state index contributed by atoms with van der Waals surface area (Å²) in [6, 6.07) is 4.84. The second-order valence-electron chi connectivity index (χ2n) is 3.18. The lowest BCUT2D eigenvalue weighted by Crippen LogP contribution is -2.00. The van der Waals surface area contributed by atoms with E-state index in [1.807, 2.05) is 5.38 Å². The van der Waals surface area contributed by atoms with Crippen LogP contribution in [0.3, 0.4) is 0 Å². The van der Waals surface area contributed by atoms with E-state index in [-0.39, 0.29) is 5.78 Å². The lowest BCUT2D eigenvalue weighted by molar-refractivity contribution is 0.104. The Bertz CT molecular complexity index is 595. The molecular weight excluding hydrogens is 411 g/mol. The Morgan fingerprint density at radius 2 is 1.94 bits per heavy atom. The fourth-order valence-electron chi connectivity index (χ4n) is 1.27. The van der Waals surface area contributed by atoms with Gasteiger partial charge in [0.15, 0.2) is 0 Å². The first-order valence-electron chi connectivity index (χ1n) is 4.43. The summed E-state index contributed by atoms with van der Waals surface area (Å²) < 4.78 is 1.61. The highest BCUT2D eigenvalue weighted by Gasteiger charge is 2.19. The number of thiophene rings is 1. The van der Waals surface area contributed by atoms with Crippen LogP contribution in [0.2, 0.25) is 10.0 Å². The van der Waals surface area contributed by atoms with Crippen molar-refractivity contribution in [3.63, 3.8) is 0 Å². The fraction of sp³-hybridized carbons (Fsp3) is 0. The van der Waals surface area contributed by atoms with Gasteiger partial charge in [0.05, 0.1) is 14.4 Å². The molecule has 0 saturated heterocycles. The molecule has 0 amide bonds. The average Bonchev–Trinajstić information content (AvgIpc) is 2.59. The van der Waals surface area contributed by atoms with Crippen LogP contribution >= 0.6 is 66.4 Å². The van der Waals surface area contributed by atoms with Crippen LogP contribution in [0.25, 0.3) is 0 Å². The van der Waals surface area contributed by atoms with E-state index in [0.717, 1.165) is 8.95 Å². The van der Waals surface area contributed by atoms with Crippen molar-refractivity contribution in [1.82, 2.24) is 0 Å². The van der Waals surface area contributed by atoms with Crippen LogP contribution in [-0.2, 0) is 0 Å². The van der Waals surface area contributed by atoms with Crippen LogP contribution in [0.4, 0.5) is 0 Å². The number of rotatable bonds is 2. The van der Waals surface area contributed by atoms with Gasteiger partial charge in [-0.3, -0.25) is 4.79 Å². The molecule has 0 saturated carbocycles. The van der Waals surface area contributed by atoms with E-state index in [1.165, 1.54) is 11.3 Å². The zero-order chi connectivity index (χ0) is 12.6. The predicted molar refractivity (Wildman–Crippen MR) is 79.6 cm³/mol. The Labute approximate surface area is 129 Å². The summed E-state index contributed by atoms with van der Waals surface area (Å²) in [5.41, 5.74) is 0.450. The molecule has 1 aromatic carbocycles. The fourth-order valence-corrected chi connectivity index (χ4v) is 3.87. The molecule has 0 aliphatic carbocycles. The van der Waals surface area contributed by atoms with Gasteiger partial charge in [0.25, 0.3) is 0 Å². The van der Waals surface area contributed by atoms with Gasteiger partial charge in [0.2, 0.25) is 5.78 Å². The van der Waals surface area contributed by atoms with Crippen molar-refractivity contribution in [1.29, 1.82) is 0 Å². The molecule has 2 rings (SSSR count). The zero-order valence-electron chi connectivity index (χ0n) is 8.14. The highest BCUT2D eigenvalue weighted by Crippen LogP contribution is 2.35. The number of carbonyl (C=O) groups is 1. The molecule has 0 aliphatic rings. The van der Waals surface area contributed by atoms with Crippen LogP contribution in [0, 0.1) is 0 Å². The third kappa shape index (κ3) is 2.76. The van der Waals surface area contributed by atoms with Gasteiger partial charge in [0, 0.05) is 20.4 Å². The smallest absolute Gasteiger partial charge is 0.205 e. The first-order chi connectivity index (χ1) is 8.00. The molecule has 0 N–H and O–H groups in total. The highest BCUT2D eigenvalue weighted by atomic mass is 79.9. The summed E-state index contributed by atoms with van der Waals surface area (Å²) in [4.78, 5) is 12.9. The van der Waals surface area contributed by atoms with Crippen LogP contribution < -0.4 is 0 Å². The van der Waals surface area contributed by atoms with Crippen LogP contribution in [0.1, 0.15) is 15.2 Å². The quantitative estimate of drug-likeness (QED) is 0.566. The van der Waals surface area contributed by atoms with Gasteiger partial charge in [0.1, 0.15) is 0 Å². The lowest BCUT2D eigenvalue weighted by Gasteiger charge is -2.02. The van der Waals surface area contributed by atoms with Crippen molar-refractivity contribution < 1.29 is 4.79 Å². The van der Waals surface area contributed by atoms with Crippen LogP contribution in [0.5, 0.6) is 0 Å². The molecule has 0 unspecified atom stereocenters. The Hall–Kier alpha value is 0.130. The maximum Gasteiger partial charge on any atom is 0.205 e. The first-order valence-corrected chi connectivity index (χ1v) is 7.65. The van der Waals surface area contributed by atoms with Crippen LogP contribution in [0.15, 0.2) is 32.5 Å². The SMILES string of the molecule is O=C(c1ccc(Cl)cc1Cl)c1scc(Br)c1Br. The normalized spacial score (nSPS) is 10.6. The topological polar surface area (TPSA) is 17.1 Å². The van der Waals surface area contributed by atoms with Gasteiger partial charge in [-0.2, -0.15) is 0 Å². The number of ketones is 1. The van der Waals surface area contributed by atoms with E-state index in [2.05, 4.69) is 31.9 Å². The summed E-state index contributed by atoms with van der Waals surface area (Å²) >= 11 is 19.9. The number of carbonyl (C=O) groups excluding carboxylic acids is 1.